The molecule has 1 fully saturated rings. The number of nitrogens with one attached hydrogen (secondary N) is 1. The summed E-state index contributed by atoms with van der Waals surface area (Å²) in [6, 6.07) is 0. The minimum Gasteiger partial charge on any atom is -0.396 e. The zero-order valence-corrected chi connectivity index (χ0v) is 8.33. The van der Waals surface area contributed by atoms with Crippen molar-refractivity contribution < 1.29 is 9.90 Å². The van der Waals surface area contributed by atoms with Gasteiger partial charge in [-0.2, -0.15) is 0 Å². The van der Waals surface area contributed by atoms with Crippen LogP contribution in [0.3, 0.4) is 0 Å². The van der Waals surface area contributed by atoms with Crippen LogP contribution in [-0.2, 0) is 4.79 Å². The molecule has 0 aliphatic heterocycles. The van der Waals surface area contributed by atoms with E-state index in [4.69, 9.17) is 11.5 Å². The fourth-order valence-corrected chi connectivity index (χ4v) is 2.07. The van der Waals surface area contributed by atoms with Gasteiger partial charge in [-0.25, -0.2) is 0 Å². The van der Waals surface area contributed by atoms with Gasteiger partial charge >= 0.3 is 0 Å². The van der Waals surface area contributed by atoms with E-state index < -0.39 is 0 Å². The smallest absolute Gasteiger partial charge is 0.295 e. The van der Waals surface area contributed by atoms with E-state index in [2.05, 4.69) is 5.32 Å². The molecule has 0 aromatic heterocycles. The van der Waals surface area contributed by atoms with Gasteiger partial charge in [0, 0.05) is 13.2 Å². The molecule has 0 saturated heterocycles. The second-order valence-corrected chi connectivity index (χ2v) is 3.84. The summed E-state index contributed by atoms with van der Waals surface area (Å²) in [5.74, 6) is 2.40. The Morgan fingerprint density at radius 3 is 2.64 bits per heavy atom. The number of carbonyl (C=O) groups is 1. The first-order valence-corrected chi connectivity index (χ1v) is 5.13. The lowest BCUT2D eigenvalue weighted by Crippen LogP contribution is -2.34. The number of rotatable bonds is 3. The molecule has 0 radical (unpaired) electrons. The maximum Gasteiger partial charge on any atom is 0.295 e. The lowest BCUT2D eigenvalue weighted by atomic mass is 9.79. The number of terminal acetylenes is 1. The Kier molecular flexibility index (Phi) is 4.48. The average molecular weight is 195 g/mol. The Morgan fingerprint density at radius 2 is 2.07 bits per heavy atom. The number of carbonyl (C=O) groups excluding carboxylic acids is 1. The van der Waals surface area contributed by atoms with Crippen molar-refractivity contribution in [2.75, 3.05) is 13.2 Å². The fraction of sp³-hybridized carbons (Fsp3) is 0.727. The molecule has 0 spiro atoms. The Hall–Kier alpha value is -1.01. The van der Waals surface area contributed by atoms with Crippen molar-refractivity contribution >= 4 is 5.91 Å². The van der Waals surface area contributed by atoms with E-state index in [0.29, 0.717) is 18.4 Å². The molecule has 0 aromatic rings. The van der Waals surface area contributed by atoms with Crippen LogP contribution in [0.25, 0.3) is 0 Å². The van der Waals surface area contributed by atoms with Gasteiger partial charge in [0.15, 0.2) is 0 Å². The summed E-state index contributed by atoms with van der Waals surface area (Å²) in [7, 11) is 0. The van der Waals surface area contributed by atoms with E-state index in [1.165, 1.54) is 12.8 Å². The third-order valence-corrected chi connectivity index (χ3v) is 2.96. The predicted molar refractivity (Wildman–Crippen MR) is 54.4 cm³/mol. The minimum atomic E-state index is -0.354. The normalized spacial score (nSPS) is 26.6. The zero-order chi connectivity index (χ0) is 10.4. The van der Waals surface area contributed by atoms with E-state index >= 15 is 0 Å². The van der Waals surface area contributed by atoms with Gasteiger partial charge in [0.25, 0.3) is 5.91 Å². The van der Waals surface area contributed by atoms with Crippen molar-refractivity contribution in [3.63, 3.8) is 0 Å². The van der Waals surface area contributed by atoms with Gasteiger partial charge in [0.05, 0.1) is 0 Å². The van der Waals surface area contributed by atoms with Crippen LogP contribution in [0.4, 0.5) is 0 Å². The topological polar surface area (TPSA) is 49.3 Å². The Balaban J connectivity index is 2.34. The Bertz CT molecular complexity index is 232. The van der Waals surface area contributed by atoms with Gasteiger partial charge < -0.3 is 10.4 Å². The molecule has 2 unspecified atom stereocenters. The van der Waals surface area contributed by atoms with Crippen LogP contribution in [0.1, 0.15) is 25.7 Å². The van der Waals surface area contributed by atoms with E-state index in [0.717, 1.165) is 12.8 Å². The quantitative estimate of drug-likeness (QED) is 0.646. The second-order valence-electron chi connectivity index (χ2n) is 3.84. The average Bonchev–Trinajstić information content (AvgIpc) is 2.26. The van der Waals surface area contributed by atoms with Crippen LogP contribution in [0.15, 0.2) is 0 Å². The van der Waals surface area contributed by atoms with Crippen molar-refractivity contribution in [1.82, 2.24) is 5.32 Å². The number of aliphatic hydroxyl groups excluding tert-OH is 1. The standard InChI is InChI=1S/C11H17NO2/c1-2-11(14)12-7-9-5-3-4-6-10(9)8-13/h1,9-10,13H,3-8H2,(H,12,14). The van der Waals surface area contributed by atoms with Gasteiger partial charge in [0.2, 0.25) is 0 Å². The summed E-state index contributed by atoms with van der Waals surface area (Å²) >= 11 is 0. The molecular formula is C11H17NO2. The molecule has 1 amide bonds. The van der Waals surface area contributed by atoms with Crippen LogP contribution in [0.2, 0.25) is 0 Å². The third-order valence-electron chi connectivity index (χ3n) is 2.96. The summed E-state index contributed by atoms with van der Waals surface area (Å²) in [6.45, 7) is 0.824. The van der Waals surface area contributed by atoms with Gasteiger partial charge in [-0.3, -0.25) is 4.79 Å². The molecule has 0 bridgehead atoms. The summed E-state index contributed by atoms with van der Waals surface area (Å²) < 4.78 is 0. The summed E-state index contributed by atoms with van der Waals surface area (Å²) in [5.41, 5.74) is 0. The van der Waals surface area contributed by atoms with Gasteiger partial charge in [0.1, 0.15) is 0 Å². The van der Waals surface area contributed by atoms with Crippen molar-refractivity contribution in [3.05, 3.63) is 0 Å². The van der Waals surface area contributed by atoms with Crippen LogP contribution in [-0.4, -0.2) is 24.2 Å². The SMILES string of the molecule is C#CC(=O)NCC1CCCCC1CO. The van der Waals surface area contributed by atoms with E-state index in [1.54, 1.807) is 0 Å². The summed E-state index contributed by atoms with van der Waals surface area (Å²) in [5, 5.41) is 11.8. The monoisotopic (exact) mass is 195 g/mol. The molecule has 2 N–H and O–H groups in total. The second kappa shape index (κ2) is 5.66. The summed E-state index contributed by atoms with van der Waals surface area (Å²) in [4.78, 5) is 10.8. The van der Waals surface area contributed by atoms with Gasteiger partial charge in [-0.15, -0.1) is 6.42 Å². The van der Waals surface area contributed by atoms with Crippen LogP contribution in [0.5, 0.6) is 0 Å². The molecule has 14 heavy (non-hydrogen) atoms. The van der Waals surface area contributed by atoms with Crippen LogP contribution in [0, 0.1) is 24.2 Å². The first-order chi connectivity index (χ1) is 6.77. The highest BCUT2D eigenvalue weighted by atomic mass is 16.3. The highest BCUT2D eigenvalue weighted by Gasteiger charge is 2.24. The lowest BCUT2D eigenvalue weighted by molar-refractivity contribution is -0.116. The molecule has 0 aromatic carbocycles. The highest BCUT2D eigenvalue weighted by Crippen LogP contribution is 2.28. The molecule has 2 atom stereocenters. The molecule has 0 heterocycles. The number of hydrogen-bond donors (Lipinski definition) is 2. The third kappa shape index (κ3) is 3.04. The maximum absolute atomic E-state index is 10.8. The molecule has 1 rings (SSSR count). The molecule has 3 heteroatoms. The van der Waals surface area contributed by atoms with Crippen LogP contribution < -0.4 is 5.32 Å². The summed E-state index contributed by atoms with van der Waals surface area (Å²) in [6.07, 6.45) is 9.46. The number of hydrogen-bond acceptors (Lipinski definition) is 2. The molecule has 3 nitrogen and oxygen atoms in total. The number of aliphatic hydroxyl groups is 1. The first-order valence-electron chi connectivity index (χ1n) is 5.13. The van der Waals surface area contributed by atoms with Gasteiger partial charge in [-0.1, -0.05) is 12.8 Å². The van der Waals surface area contributed by atoms with E-state index in [9.17, 15) is 4.79 Å². The fourth-order valence-electron chi connectivity index (χ4n) is 2.07. The van der Waals surface area contributed by atoms with Crippen molar-refractivity contribution in [2.24, 2.45) is 11.8 Å². The Labute approximate surface area is 84.9 Å². The zero-order valence-electron chi connectivity index (χ0n) is 8.33. The predicted octanol–water partition coefficient (Wildman–Crippen LogP) is 0.534. The highest BCUT2D eigenvalue weighted by molar-refractivity contribution is 5.92. The van der Waals surface area contributed by atoms with Crippen LogP contribution >= 0.6 is 0 Å². The molecule has 1 aliphatic carbocycles. The minimum absolute atomic E-state index is 0.219. The first kappa shape index (κ1) is 11.1. The largest absolute Gasteiger partial charge is 0.396 e. The Morgan fingerprint density at radius 1 is 1.43 bits per heavy atom. The van der Waals surface area contributed by atoms with E-state index in [-0.39, 0.29) is 12.5 Å². The van der Waals surface area contributed by atoms with Crippen molar-refractivity contribution in [3.8, 4) is 12.3 Å². The van der Waals surface area contributed by atoms with Crippen molar-refractivity contribution in [2.45, 2.75) is 25.7 Å². The molecule has 1 saturated carbocycles. The van der Waals surface area contributed by atoms with Crippen molar-refractivity contribution in [1.29, 1.82) is 0 Å². The lowest BCUT2D eigenvalue weighted by Gasteiger charge is -2.29. The number of amides is 1. The van der Waals surface area contributed by atoms with Gasteiger partial charge in [-0.05, 0) is 30.6 Å². The molecule has 1 aliphatic rings. The molecule has 78 valence electrons. The molecular weight excluding hydrogens is 178 g/mol. The maximum atomic E-state index is 10.8. The van der Waals surface area contributed by atoms with E-state index in [1.807, 2.05) is 5.92 Å².